The first-order valence-corrected chi connectivity index (χ1v) is 14.7. The van der Waals surface area contributed by atoms with Crippen molar-refractivity contribution in [1.29, 1.82) is 0 Å². The first-order valence-electron chi connectivity index (χ1n) is 14.7. The van der Waals surface area contributed by atoms with Gasteiger partial charge in [0.25, 0.3) is 0 Å². The van der Waals surface area contributed by atoms with Gasteiger partial charge in [-0.1, -0.05) is 30.3 Å². The van der Waals surface area contributed by atoms with E-state index in [1.54, 1.807) is 0 Å². The van der Waals surface area contributed by atoms with E-state index in [4.69, 9.17) is 14.2 Å². The molecule has 0 radical (unpaired) electrons. The molecule has 3 aliphatic heterocycles. The number of nitrogens with zero attached hydrogens (tertiary/aromatic N) is 1. The van der Waals surface area contributed by atoms with Gasteiger partial charge in [0.05, 0.1) is 29.4 Å². The third-order valence-corrected chi connectivity index (χ3v) is 9.80. The Balaban J connectivity index is 1.36. The molecule has 0 amide bonds. The van der Waals surface area contributed by atoms with E-state index in [0.29, 0.717) is 6.61 Å². The highest BCUT2D eigenvalue weighted by Crippen LogP contribution is 2.51. The smallest absolute Gasteiger partial charge is 0.375 e. The van der Waals surface area contributed by atoms with Crippen molar-refractivity contribution < 1.29 is 40.6 Å². The van der Waals surface area contributed by atoms with Crippen LogP contribution in [0.2, 0.25) is 0 Å². The summed E-state index contributed by atoms with van der Waals surface area (Å²) < 4.78 is 99.4. The van der Waals surface area contributed by atoms with Gasteiger partial charge in [0.15, 0.2) is 6.29 Å². The van der Waals surface area contributed by atoms with Crippen LogP contribution in [0.4, 0.5) is 26.3 Å². The maximum atomic E-state index is 13.5. The zero-order chi connectivity index (χ0) is 30.3. The molecule has 2 aromatic rings. The van der Waals surface area contributed by atoms with E-state index >= 15 is 0 Å². The van der Waals surface area contributed by atoms with E-state index < -0.39 is 35.9 Å². The maximum Gasteiger partial charge on any atom is 0.416 e. The van der Waals surface area contributed by atoms with E-state index in [2.05, 4.69) is 18.7 Å². The highest BCUT2D eigenvalue weighted by Gasteiger charge is 2.51. The van der Waals surface area contributed by atoms with Crippen molar-refractivity contribution in [3.05, 3.63) is 70.8 Å². The minimum absolute atomic E-state index is 0.132. The SMILES string of the molecule is C[C@@H](O[C@H]1OCC[C@H](CN2CCC3(CCOC3(C)C)CC2)[C@@H]1c1ccccc1)c1cc(C(F)(F)F)cc(C(F)(F)F)c1. The molecule has 4 atom stereocenters. The van der Waals surface area contributed by atoms with Crippen LogP contribution in [0.25, 0.3) is 0 Å². The van der Waals surface area contributed by atoms with Crippen molar-refractivity contribution in [2.75, 3.05) is 32.8 Å². The minimum Gasteiger partial charge on any atom is -0.375 e. The average molecular weight is 600 g/mol. The maximum absolute atomic E-state index is 13.5. The highest BCUT2D eigenvalue weighted by atomic mass is 19.4. The number of ether oxygens (including phenoxy) is 3. The second-order valence-electron chi connectivity index (χ2n) is 12.5. The Bertz CT molecular complexity index is 1170. The normalized spacial score (nSPS) is 27.3. The lowest BCUT2D eigenvalue weighted by Gasteiger charge is -2.48. The standard InChI is InChI=1S/C32H39F6NO3/c1-21(24-17-25(31(33,34)35)19-26(18-24)32(36,37)38)42-28-27(22-7-5-4-6-8-22)23(9-15-40-28)20-39-13-10-30(11-14-39)12-16-41-29(30,2)3/h4-8,17-19,21,23,27-28H,9-16,20H2,1-3H3/t21-,23-,27+,28-/m1/s1. The third-order valence-electron chi connectivity index (χ3n) is 9.80. The molecule has 3 heterocycles. The number of piperidine rings is 1. The van der Waals surface area contributed by atoms with Gasteiger partial charge in [-0.05, 0) is 94.8 Å². The lowest BCUT2D eigenvalue weighted by Crippen LogP contribution is -2.50. The first-order chi connectivity index (χ1) is 19.7. The number of rotatable bonds is 6. The van der Waals surface area contributed by atoms with Gasteiger partial charge in [-0.25, -0.2) is 0 Å². The zero-order valence-electron chi connectivity index (χ0n) is 24.2. The predicted molar refractivity (Wildman–Crippen MR) is 146 cm³/mol. The fourth-order valence-corrected chi connectivity index (χ4v) is 7.07. The topological polar surface area (TPSA) is 30.9 Å². The Morgan fingerprint density at radius 2 is 1.52 bits per heavy atom. The molecule has 0 N–H and O–H groups in total. The second kappa shape index (κ2) is 11.7. The highest BCUT2D eigenvalue weighted by molar-refractivity contribution is 5.35. The molecule has 0 unspecified atom stereocenters. The van der Waals surface area contributed by atoms with E-state index in [1.165, 1.54) is 6.92 Å². The van der Waals surface area contributed by atoms with E-state index in [1.807, 2.05) is 30.3 Å². The molecule has 3 saturated heterocycles. The zero-order valence-corrected chi connectivity index (χ0v) is 24.2. The molecule has 0 bridgehead atoms. The van der Waals surface area contributed by atoms with Gasteiger partial charge < -0.3 is 19.1 Å². The van der Waals surface area contributed by atoms with Gasteiger partial charge in [-0.15, -0.1) is 0 Å². The molecule has 3 aliphatic rings. The fourth-order valence-electron chi connectivity index (χ4n) is 7.07. The molecular formula is C32H39F6NO3. The van der Waals surface area contributed by atoms with Gasteiger partial charge in [0, 0.05) is 24.5 Å². The van der Waals surface area contributed by atoms with Gasteiger partial charge in [-0.3, -0.25) is 0 Å². The van der Waals surface area contributed by atoms with Gasteiger partial charge in [-0.2, -0.15) is 26.3 Å². The van der Waals surface area contributed by atoms with Crippen molar-refractivity contribution in [2.24, 2.45) is 11.3 Å². The van der Waals surface area contributed by atoms with Gasteiger partial charge in [0.1, 0.15) is 0 Å². The van der Waals surface area contributed by atoms with E-state index in [-0.39, 0.29) is 34.5 Å². The Morgan fingerprint density at radius 1 is 0.905 bits per heavy atom. The molecule has 0 aromatic heterocycles. The Hall–Kier alpha value is -2.14. The van der Waals surface area contributed by atoms with Crippen LogP contribution in [-0.4, -0.2) is 49.6 Å². The predicted octanol–water partition coefficient (Wildman–Crippen LogP) is 8.23. The number of hydrogen-bond donors (Lipinski definition) is 0. The van der Waals surface area contributed by atoms with Crippen LogP contribution in [0.1, 0.15) is 80.7 Å². The van der Waals surface area contributed by atoms with Gasteiger partial charge in [0.2, 0.25) is 0 Å². The number of likely N-dealkylation sites (tertiary alicyclic amines) is 1. The van der Waals surface area contributed by atoms with Crippen molar-refractivity contribution in [1.82, 2.24) is 4.90 Å². The summed E-state index contributed by atoms with van der Waals surface area (Å²) in [6.45, 7) is 9.71. The number of alkyl halides is 6. The summed E-state index contributed by atoms with van der Waals surface area (Å²) >= 11 is 0. The lowest BCUT2D eigenvalue weighted by atomic mass is 9.67. The lowest BCUT2D eigenvalue weighted by molar-refractivity contribution is -0.211. The minimum atomic E-state index is -4.93. The molecule has 232 valence electrons. The van der Waals surface area contributed by atoms with Crippen molar-refractivity contribution in [3.8, 4) is 0 Å². The quantitative estimate of drug-likeness (QED) is 0.313. The summed E-state index contributed by atoms with van der Waals surface area (Å²) in [7, 11) is 0. The molecule has 1 spiro atoms. The molecule has 3 fully saturated rings. The summed E-state index contributed by atoms with van der Waals surface area (Å²) in [6, 6.07) is 11.3. The van der Waals surface area contributed by atoms with Crippen LogP contribution in [0.5, 0.6) is 0 Å². The van der Waals surface area contributed by atoms with Crippen molar-refractivity contribution in [2.45, 2.75) is 82.7 Å². The van der Waals surface area contributed by atoms with Crippen LogP contribution >= 0.6 is 0 Å². The van der Waals surface area contributed by atoms with Gasteiger partial charge >= 0.3 is 12.4 Å². The number of halogens is 6. The molecule has 2 aromatic carbocycles. The largest absolute Gasteiger partial charge is 0.416 e. The van der Waals surface area contributed by atoms with E-state index in [9.17, 15) is 26.3 Å². The van der Waals surface area contributed by atoms with Crippen LogP contribution < -0.4 is 0 Å². The fraction of sp³-hybridized carbons (Fsp3) is 0.625. The summed E-state index contributed by atoms with van der Waals surface area (Å²) in [5.74, 6) is -0.107. The number of benzene rings is 2. The molecule has 10 heteroatoms. The van der Waals surface area contributed by atoms with Crippen molar-refractivity contribution >= 4 is 0 Å². The molecule has 0 aliphatic carbocycles. The summed E-state index contributed by atoms with van der Waals surface area (Å²) in [5, 5.41) is 0. The molecule has 5 rings (SSSR count). The second-order valence-corrected chi connectivity index (χ2v) is 12.5. The molecule has 0 saturated carbocycles. The van der Waals surface area contributed by atoms with Crippen LogP contribution in [0.3, 0.4) is 0 Å². The van der Waals surface area contributed by atoms with Crippen LogP contribution in [0, 0.1) is 11.3 Å². The monoisotopic (exact) mass is 599 g/mol. The molecule has 4 nitrogen and oxygen atoms in total. The Kier molecular flexibility index (Phi) is 8.75. The summed E-state index contributed by atoms with van der Waals surface area (Å²) in [4.78, 5) is 2.47. The Morgan fingerprint density at radius 3 is 2.07 bits per heavy atom. The van der Waals surface area contributed by atoms with Crippen LogP contribution in [-0.2, 0) is 26.6 Å². The molecule has 42 heavy (non-hydrogen) atoms. The third kappa shape index (κ3) is 6.51. The summed E-state index contributed by atoms with van der Waals surface area (Å²) in [5.41, 5.74) is -1.91. The van der Waals surface area contributed by atoms with Crippen LogP contribution in [0.15, 0.2) is 48.5 Å². The summed E-state index contributed by atoms with van der Waals surface area (Å²) in [6.07, 6.45) is -7.82. The Labute approximate surface area is 243 Å². The van der Waals surface area contributed by atoms with E-state index in [0.717, 1.165) is 69.6 Å². The average Bonchev–Trinajstić information content (AvgIpc) is 3.22. The first kappa shape index (κ1) is 31.3. The molecular weight excluding hydrogens is 560 g/mol. The van der Waals surface area contributed by atoms with Crippen molar-refractivity contribution in [3.63, 3.8) is 0 Å². The number of hydrogen-bond acceptors (Lipinski definition) is 4.